The number of rotatable bonds is 1. The summed E-state index contributed by atoms with van der Waals surface area (Å²) in [5.74, 6) is -0.392. The quantitative estimate of drug-likeness (QED) is 0.556. The number of nitrogens with zero attached hydrogens (tertiary/aromatic N) is 1. The fourth-order valence-electron chi connectivity index (χ4n) is 2.80. The van der Waals surface area contributed by atoms with Gasteiger partial charge in [-0.05, 0) is 30.5 Å². The molecule has 1 aromatic carbocycles. The van der Waals surface area contributed by atoms with Crippen molar-refractivity contribution in [2.75, 3.05) is 17.2 Å². The molecule has 1 fully saturated rings. The Labute approximate surface area is 105 Å². The molecule has 0 bridgehead atoms. The molecule has 0 aliphatic carbocycles. The maximum absolute atomic E-state index is 11.8. The number of nitrogen functional groups attached to an aromatic ring is 1. The molecule has 3 N–H and O–H groups in total. The van der Waals surface area contributed by atoms with E-state index in [-0.39, 0.29) is 24.3 Å². The molecular formula is C13H15N3O2. The maximum atomic E-state index is 11.8. The molecule has 1 unspecified atom stereocenters. The third-order valence-corrected chi connectivity index (χ3v) is 3.64. The average Bonchev–Trinajstić information content (AvgIpc) is 2.68. The summed E-state index contributed by atoms with van der Waals surface area (Å²) < 4.78 is 0. The zero-order valence-corrected chi connectivity index (χ0v) is 9.98. The highest BCUT2D eigenvalue weighted by Crippen LogP contribution is 2.33. The van der Waals surface area contributed by atoms with Gasteiger partial charge in [-0.15, -0.1) is 0 Å². The molecule has 1 aromatic rings. The summed E-state index contributed by atoms with van der Waals surface area (Å²) in [5.41, 5.74) is 8.83. The van der Waals surface area contributed by atoms with Crippen molar-refractivity contribution in [3.05, 3.63) is 23.8 Å². The van der Waals surface area contributed by atoms with Crippen molar-refractivity contribution in [1.29, 1.82) is 0 Å². The van der Waals surface area contributed by atoms with Crippen molar-refractivity contribution < 1.29 is 9.59 Å². The van der Waals surface area contributed by atoms with E-state index in [4.69, 9.17) is 5.73 Å². The summed E-state index contributed by atoms with van der Waals surface area (Å²) in [4.78, 5) is 25.1. The Morgan fingerprint density at radius 2 is 2.17 bits per heavy atom. The third-order valence-electron chi connectivity index (χ3n) is 3.64. The monoisotopic (exact) mass is 245 g/mol. The Kier molecular flexibility index (Phi) is 2.47. The molecule has 18 heavy (non-hydrogen) atoms. The number of imide groups is 1. The van der Waals surface area contributed by atoms with Crippen LogP contribution in [0.3, 0.4) is 0 Å². The summed E-state index contributed by atoms with van der Waals surface area (Å²) in [5, 5.41) is 2.36. The summed E-state index contributed by atoms with van der Waals surface area (Å²) in [6.07, 6.45) is 2.13. The number of carbonyl (C=O) groups is 2. The van der Waals surface area contributed by atoms with Gasteiger partial charge in [0.1, 0.15) is 6.04 Å². The minimum Gasteiger partial charge on any atom is -0.398 e. The molecule has 2 amide bonds. The molecule has 0 saturated carbocycles. The fourth-order valence-corrected chi connectivity index (χ4v) is 2.80. The second kappa shape index (κ2) is 4.01. The van der Waals surface area contributed by atoms with Gasteiger partial charge in [0.25, 0.3) is 0 Å². The van der Waals surface area contributed by atoms with Crippen LogP contribution in [-0.2, 0) is 16.0 Å². The van der Waals surface area contributed by atoms with Crippen LogP contribution >= 0.6 is 0 Å². The van der Waals surface area contributed by atoms with Gasteiger partial charge in [-0.1, -0.05) is 6.07 Å². The number of carbonyl (C=O) groups excluding carboxylic acids is 2. The van der Waals surface area contributed by atoms with E-state index >= 15 is 0 Å². The SMILES string of the molecule is Nc1cccc2c1CCCN2C1CC(=O)NC1=O. The molecule has 0 radical (unpaired) electrons. The molecule has 0 spiro atoms. The molecule has 5 heteroatoms. The van der Waals surface area contributed by atoms with E-state index in [9.17, 15) is 9.59 Å². The van der Waals surface area contributed by atoms with Crippen molar-refractivity contribution >= 4 is 23.2 Å². The lowest BCUT2D eigenvalue weighted by Crippen LogP contribution is -2.43. The Morgan fingerprint density at radius 3 is 2.89 bits per heavy atom. The number of hydrogen-bond acceptors (Lipinski definition) is 4. The van der Waals surface area contributed by atoms with Crippen LogP contribution in [-0.4, -0.2) is 24.4 Å². The summed E-state index contributed by atoms with van der Waals surface area (Å²) in [7, 11) is 0. The molecule has 2 aliphatic heterocycles. The molecule has 3 rings (SSSR count). The molecule has 0 aromatic heterocycles. The first-order valence-electron chi connectivity index (χ1n) is 6.14. The van der Waals surface area contributed by atoms with Crippen molar-refractivity contribution in [2.24, 2.45) is 0 Å². The van der Waals surface area contributed by atoms with E-state index in [1.165, 1.54) is 0 Å². The van der Waals surface area contributed by atoms with Gasteiger partial charge in [0.05, 0.1) is 6.42 Å². The van der Waals surface area contributed by atoms with E-state index in [0.29, 0.717) is 0 Å². The Balaban J connectivity index is 1.99. The van der Waals surface area contributed by atoms with Gasteiger partial charge in [0, 0.05) is 17.9 Å². The number of fused-ring (bicyclic) bond motifs is 1. The van der Waals surface area contributed by atoms with Crippen molar-refractivity contribution in [3.8, 4) is 0 Å². The van der Waals surface area contributed by atoms with Gasteiger partial charge in [-0.3, -0.25) is 14.9 Å². The van der Waals surface area contributed by atoms with Crippen LogP contribution in [0.25, 0.3) is 0 Å². The Bertz CT molecular complexity index is 527. The van der Waals surface area contributed by atoms with Crippen molar-refractivity contribution in [2.45, 2.75) is 25.3 Å². The largest absolute Gasteiger partial charge is 0.398 e. The first-order valence-corrected chi connectivity index (χ1v) is 6.14. The van der Waals surface area contributed by atoms with E-state index in [1.54, 1.807) is 0 Å². The first kappa shape index (κ1) is 11.1. The summed E-state index contributed by atoms with van der Waals surface area (Å²) >= 11 is 0. The lowest BCUT2D eigenvalue weighted by molar-refractivity contribution is -0.125. The molecule has 2 aliphatic rings. The summed E-state index contributed by atoms with van der Waals surface area (Å²) in [6, 6.07) is 5.36. The highest BCUT2D eigenvalue weighted by molar-refractivity contribution is 6.07. The molecule has 5 nitrogen and oxygen atoms in total. The Morgan fingerprint density at radius 1 is 1.33 bits per heavy atom. The van der Waals surface area contributed by atoms with Gasteiger partial charge in [-0.25, -0.2) is 0 Å². The Hall–Kier alpha value is -2.04. The predicted molar refractivity (Wildman–Crippen MR) is 68.1 cm³/mol. The van der Waals surface area contributed by atoms with Crippen LogP contribution in [0.5, 0.6) is 0 Å². The van der Waals surface area contributed by atoms with E-state index in [2.05, 4.69) is 5.32 Å². The van der Waals surface area contributed by atoms with Crippen LogP contribution in [0.15, 0.2) is 18.2 Å². The number of hydrogen-bond donors (Lipinski definition) is 2. The number of amides is 2. The standard InChI is InChI=1S/C13H15N3O2/c14-9-4-1-5-10-8(9)3-2-6-16(10)11-7-12(17)15-13(11)18/h1,4-5,11H,2-3,6-7,14H2,(H,15,17,18). The highest BCUT2D eigenvalue weighted by Gasteiger charge is 2.37. The van der Waals surface area contributed by atoms with E-state index < -0.39 is 0 Å². The minimum absolute atomic E-state index is 0.193. The summed E-state index contributed by atoms with van der Waals surface area (Å²) in [6.45, 7) is 0.793. The number of anilines is 2. The second-order valence-electron chi connectivity index (χ2n) is 4.77. The lowest BCUT2D eigenvalue weighted by Gasteiger charge is -2.34. The van der Waals surface area contributed by atoms with E-state index in [1.807, 2.05) is 23.1 Å². The third kappa shape index (κ3) is 1.63. The van der Waals surface area contributed by atoms with Gasteiger partial charge in [0.15, 0.2) is 0 Å². The van der Waals surface area contributed by atoms with Gasteiger partial charge in [-0.2, -0.15) is 0 Å². The van der Waals surface area contributed by atoms with Crippen molar-refractivity contribution in [3.63, 3.8) is 0 Å². The van der Waals surface area contributed by atoms with Crippen LogP contribution in [0, 0.1) is 0 Å². The molecule has 94 valence electrons. The fraction of sp³-hybridized carbons (Fsp3) is 0.385. The van der Waals surface area contributed by atoms with E-state index in [0.717, 1.165) is 36.3 Å². The maximum Gasteiger partial charge on any atom is 0.249 e. The number of benzene rings is 1. The molecule has 1 atom stereocenters. The highest BCUT2D eigenvalue weighted by atomic mass is 16.2. The topological polar surface area (TPSA) is 75.4 Å². The first-order chi connectivity index (χ1) is 8.66. The van der Waals surface area contributed by atoms with Gasteiger partial charge in [0.2, 0.25) is 11.8 Å². The molecule has 1 saturated heterocycles. The second-order valence-corrected chi connectivity index (χ2v) is 4.77. The van der Waals surface area contributed by atoms with Crippen LogP contribution in [0.4, 0.5) is 11.4 Å². The lowest BCUT2D eigenvalue weighted by atomic mass is 9.98. The molecule has 2 heterocycles. The minimum atomic E-state index is -0.377. The number of nitrogens with two attached hydrogens (primary N) is 1. The smallest absolute Gasteiger partial charge is 0.249 e. The van der Waals surface area contributed by atoms with Crippen molar-refractivity contribution in [1.82, 2.24) is 5.32 Å². The van der Waals surface area contributed by atoms with Gasteiger partial charge < -0.3 is 10.6 Å². The zero-order valence-electron chi connectivity index (χ0n) is 9.98. The number of nitrogens with one attached hydrogen (secondary N) is 1. The van der Waals surface area contributed by atoms with Crippen LogP contribution < -0.4 is 16.0 Å². The molecular weight excluding hydrogens is 230 g/mol. The van der Waals surface area contributed by atoms with Crippen LogP contribution in [0.1, 0.15) is 18.4 Å². The predicted octanol–water partition coefficient (Wildman–Crippen LogP) is 0.436. The van der Waals surface area contributed by atoms with Crippen LogP contribution in [0.2, 0.25) is 0 Å². The van der Waals surface area contributed by atoms with Gasteiger partial charge >= 0.3 is 0 Å². The average molecular weight is 245 g/mol. The zero-order chi connectivity index (χ0) is 12.7. The normalized spacial score (nSPS) is 22.9.